The van der Waals surface area contributed by atoms with Crippen LogP contribution in [0.25, 0.3) is 0 Å². The number of hydrogen-bond acceptors (Lipinski definition) is 5. The van der Waals surface area contributed by atoms with Crippen LogP contribution in [0.15, 0.2) is 45.4 Å². The monoisotopic (exact) mass is 412 g/mol. The number of halogens is 1. The molecule has 0 radical (unpaired) electrons. The highest BCUT2D eigenvalue weighted by Crippen LogP contribution is 2.46. The molecule has 1 saturated carbocycles. The maximum atomic E-state index is 12.3. The second-order valence-electron chi connectivity index (χ2n) is 6.25. The second-order valence-corrected chi connectivity index (χ2v) is 8.82. The molecule has 128 valence electrons. The van der Waals surface area contributed by atoms with Crippen LogP contribution in [0.3, 0.4) is 0 Å². The zero-order chi connectivity index (χ0) is 16.7. The number of ether oxygens (including phenoxy) is 2. The number of allylic oxidation sites excluding steroid dienone is 4. The van der Waals surface area contributed by atoms with Gasteiger partial charge in [-0.05, 0) is 39.9 Å². The molecular weight excluding hydrogens is 396 g/mol. The second kappa shape index (κ2) is 6.25. The Labute approximate surface area is 149 Å². The topological polar surface area (TPSA) is 77.5 Å². The van der Waals surface area contributed by atoms with Crippen LogP contribution >= 0.6 is 15.9 Å². The zero-order valence-corrected chi connectivity index (χ0v) is 15.2. The summed E-state index contributed by atoms with van der Waals surface area (Å²) in [6.07, 6.45) is 8.78. The van der Waals surface area contributed by atoms with Crippen molar-refractivity contribution >= 4 is 26.0 Å². The Morgan fingerprint density at radius 2 is 2.21 bits per heavy atom. The van der Waals surface area contributed by atoms with Crippen LogP contribution in [-0.2, 0) is 14.8 Å². The summed E-state index contributed by atoms with van der Waals surface area (Å²) in [4.78, 5) is 4.26. The molecule has 2 fully saturated rings. The van der Waals surface area contributed by atoms with Gasteiger partial charge in [0.2, 0.25) is 15.9 Å². The van der Waals surface area contributed by atoms with Gasteiger partial charge < -0.3 is 9.47 Å². The maximum Gasteiger partial charge on any atom is 0.242 e. The quantitative estimate of drug-likeness (QED) is 0.741. The Balaban J connectivity index is 1.37. The Bertz CT molecular complexity index is 817. The number of nitrogens with zero attached hydrogens (tertiary/aromatic N) is 1. The van der Waals surface area contributed by atoms with E-state index in [0.717, 1.165) is 6.42 Å². The summed E-state index contributed by atoms with van der Waals surface area (Å²) >= 11 is 3.35. The van der Waals surface area contributed by atoms with Gasteiger partial charge >= 0.3 is 0 Å². The lowest BCUT2D eigenvalue weighted by atomic mass is 10.0. The third-order valence-corrected chi connectivity index (χ3v) is 6.47. The third-order valence-electron chi connectivity index (χ3n) is 4.41. The smallest absolute Gasteiger partial charge is 0.242 e. The first-order valence-electron chi connectivity index (χ1n) is 7.79. The maximum absolute atomic E-state index is 12.3. The van der Waals surface area contributed by atoms with Crippen LogP contribution in [0.2, 0.25) is 0 Å². The van der Waals surface area contributed by atoms with E-state index < -0.39 is 10.0 Å². The number of aromatic nitrogens is 1. The van der Waals surface area contributed by atoms with Gasteiger partial charge in [0.25, 0.3) is 0 Å². The van der Waals surface area contributed by atoms with Crippen LogP contribution in [-0.4, -0.2) is 39.3 Å². The van der Waals surface area contributed by atoms with E-state index in [1.807, 2.05) is 6.08 Å². The summed E-state index contributed by atoms with van der Waals surface area (Å²) in [5.74, 6) is 1.53. The highest BCUT2D eigenvalue weighted by Gasteiger charge is 2.40. The predicted molar refractivity (Wildman–Crippen MR) is 91.2 cm³/mol. The summed E-state index contributed by atoms with van der Waals surface area (Å²) in [6.45, 7) is 1.40. The van der Waals surface area contributed by atoms with Gasteiger partial charge in [-0.25, -0.2) is 18.1 Å². The van der Waals surface area contributed by atoms with E-state index in [1.165, 1.54) is 17.8 Å². The highest BCUT2D eigenvalue weighted by molar-refractivity contribution is 9.10. The number of rotatable bonds is 7. The molecule has 3 aliphatic rings. The summed E-state index contributed by atoms with van der Waals surface area (Å²) < 4.78 is 38.3. The van der Waals surface area contributed by atoms with E-state index in [0.29, 0.717) is 42.0 Å². The molecule has 2 atom stereocenters. The fourth-order valence-corrected chi connectivity index (χ4v) is 4.52. The summed E-state index contributed by atoms with van der Waals surface area (Å²) in [5, 5.41) is 0. The van der Waals surface area contributed by atoms with Crippen LogP contribution < -0.4 is 9.46 Å². The van der Waals surface area contributed by atoms with Gasteiger partial charge in [0.05, 0.1) is 36.5 Å². The van der Waals surface area contributed by atoms with E-state index >= 15 is 0 Å². The minimum atomic E-state index is -3.59. The fraction of sp³-hybridized carbons (Fsp3) is 0.438. The lowest BCUT2D eigenvalue weighted by molar-refractivity contribution is 0.00482. The van der Waals surface area contributed by atoms with Crippen molar-refractivity contribution in [3.05, 3.63) is 40.5 Å². The molecule has 1 saturated heterocycles. The average Bonchev–Trinajstić information content (AvgIpc) is 3.19. The largest absolute Gasteiger partial charge is 0.477 e. The first kappa shape index (κ1) is 16.3. The van der Waals surface area contributed by atoms with Gasteiger partial charge in [-0.3, -0.25) is 0 Å². The fourth-order valence-electron chi connectivity index (χ4n) is 2.73. The van der Waals surface area contributed by atoms with Crippen molar-refractivity contribution in [1.29, 1.82) is 0 Å². The van der Waals surface area contributed by atoms with E-state index in [9.17, 15) is 8.42 Å². The number of sulfonamides is 1. The molecule has 0 spiro atoms. The van der Waals surface area contributed by atoms with E-state index in [1.54, 1.807) is 0 Å². The molecule has 1 aromatic rings. The molecule has 2 unspecified atom stereocenters. The molecule has 0 bridgehead atoms. The van der Waals surface area contributed by atoms with Crippen molar-refractivity contribution < 1.29 is 17.9 Å². The molecule has 24 heavy (non-hydrogen) atoms. The molecule has 6 nitrogen and oxygen atoms in total. The van der Waals surface area contributed by atoms with E-state index in [2.05, 4.69) is 37.8 Å². The van der Waals surface area contributed by atoms with Crippen molar-refractivity contribution in [2.45, 2.75) is 17.4 Å². The van der Waals surface area contributed by atoms with Crippen LogP contribution in [0, 0.1) is 11.8 Å². The highest BCUT2D eigenvalue weighted by atomic mass is 79.9. The lowest BCUT2D eigenvalue weighted by Gasteiger charge is -2.26. The molecule has 8 heteroatoms. The molecule has 2 aliphatic carbocycles. The van der Waals surface area contributed by atoms with Gasteiger partial charge in [0.1, 0.15) is 4.90 Å². The summed E-state index contributed by atoms with van der Waals surface area (Å²) in [6, 6.07) is 1.36. The first-order valence-corrected chi connectivity index (χ1v) is 10.1. The molecule has 1 N–H and O–H groups in total. The minimum absolute atomic E-state index is 0.114. The van der Waals surface area contributed by atoms with Crippen LogP contribution in [0.1, 0.15) is 6.42 Å². The number of hydrogen-bond donors (Lipinski definition) is 1. The number of pyridine rings is 1. The van der Waals surface area contributed by atoms with Crippen molar-refractivity contribution in [2.75, 3.05) is 19.8 Å². The zero-order valence-electron chi connectivity index (χ0n) is 12.8. The minimum Gasteiger partial charge on any atom is -0.477 e. The van der Waals surface area contributed by atoms with Gasteiger partial charge in [-0.1, -0.05) is 18.2 Å². The van der Waals surface area contributed by atoms with Crippen molar-refractivity contribution in [1.82, 2.24) is 9.71 Å². The van der Waals surface area contributed by atoms with E-state index in [-0.39, 0.29) is 10.9 Å². The normalized spacial score (nSPS) is 25.6. The molecular formula is C16H17BrN2O4S. The van der Waals surface area contributed by atoms with Crippen LogP contribution in [0.5, 0.6) is 5.88 Å². The Morgan fingerprint density at radius 3 is 2.79 bits per heavy atom. The van der Waals surface area contributed by atoms with Gasteiger partial charge in [-0.15, -0.1) is 0 Å². The Hall–Kier alpha value is -1.22. The van der Waals surface area contributed by atoms with Gasteiger partial charge in [0.15, 0.2) is 0 Å². The number of nitrogens with one attached hydrogen (secondary N) is 1. The van der Waals surface area contributed by atoms with Crippen molar-refractivity contribution in [3.8, 4) is 5.88 Å². The SMILES string of the molecule is O=S(=O)(NC1COC1)c1cnc(OCC2CC2C2=CC=C2)c(Br)c1. The summed E-state index contributed by atoms with van der Waals surface area (Å²) in [5.41, 5.74) is 1.39. The van der Waals surface area contributed by atoms with Crippen LogP contribution in [0.4, 0.5) is 0 Å². The van der Waals surface area contributed by atoms with Crippen molar-refractivity contribution in [3.63, 3.8) is 0 Å². The molecule has 1 aliphatic heterocycles. The average molecular weight is 413 g/mol. The third kappa shape index (κ3) is 3.28. The molecule has 2 heterocycles. The Morgan fingerprint density at radius 1 is 1.42 bits per heavy atom. The molecule has 4 rings (SSSR count). The molecule has 1 aromatic heterocycles. The Kier molecular flexibility index (Phi) is 4.24. The predicted octanol–water partition coefficient (Wildman–Crippen LogP) is 2.03. The molecule has 0 aromatic carbocycles. The summed E-state index contributed by atoms with van der Waals surface area (Å²) in [7, 11) is -3.59. The molecule has 0 amide bonds. The van der Waals surface area contributed by atoms with Gasteiger partial charge in [0, 0.05) is 5.92 Å². The van der Waals surface area contributed by atoms with E-state index in [4.69, 9.17) is 9.47 Å². The van der Waals surface area contributed by atoms with Gasteiger partial charge in [-0.2, -0.15) is 0 Å². The lowest BCUT2D eigenvalue weighted by Crippen LogP contribution is -2.48. The van der Waals surface area contributed by atoms with Crippen molar-refractivity contribution in [2.24, 2.45) is 11.8 Å². The first-order chi connectivity index (χ1) is 11.5. The standard InChI is InChI=1S/C16H17BrN2O4S/c17-15-5-13(24(20,21)19-12-8-22-9-12)6-18-16(15)23-7-11-4-14(11)10-2-1-3-10/h1-3,5-6,11-12,14,19H,4,7-9H2.